The van der Waals surface area contributed by atoms with Gasteiger partial charge in [-0.2, -0.15) is 5.10 Å². The first-order valence-corrected chi connectivity index (χ1v) is 4.88. The third-order valence-corrected chi connectivity index (χ3v) is 2.49. The zero-order valence-corrected chi connectivity index (χ0v) is 9.54. The normalized spacial score (nSPS) is 10.6. The molecular weight excluding hydrogens is 242 g/mol. The molecule has 18 heavy (non-hydrogen) atoms. The molecule has 94 valence electrons. The van der Waals surface area contributed by atoms with Crippen LogP contribution in [0.3, 0.4) is 0 Å². The minimum Gasteiger partial charge on any atom is -0.476 e. The largest absolute Gasteiger partial charge is 0.476 e. The first-order chi connectivity index (χ1) is 8.41. The van der Waals surface area contributed by atoms with Gasteiger partial charge in [0.2, 0.25) is 17.3 Å². The standard InChI is InChI=1S/C10H9N3O5/c1-4-5(3-11-13(4)2)8-12-6(9(14)15)7(18-8)10(16)17/h3H,1-2H3,(H,14,15)(H,16,17). The van der Waals surface area contributed by atoms with Gasteiger partial charge in [0.15, 0.2) is 0 Å². The Bertz CT molecular complexity index is 608. The van der Waals surface area contributed by atoms with Crippen LogP contribution < -0.4 is 0 Å². The van der Waals surface area contributed by atoms with Gasteiger partial charge in [-0.3, -0.25) is 4.68 Å². The molecule has 2 aromatic heterocycles. The molecule has 0 radical (unpaired) electrons. The monoisotopic (exact) mass is 251 g/mol. The van der Waals surface area contributed by atoms with Crippen molar-refractivity contribution in [2.45, 2.75) is 6.92 Å². The molecule has 0 fully saturated rings. The van der Waals surface area contributed by atoms with Crippen molar-refractivity contribution in [1.29, 1.82) is 0 Å². The van der Waals surface area contributed by atoms with Gasteiger partial charge in [-0.05, 0) is 6.92 Å². The zero-order valence-electron chi connectivity index (χ0n) is 9.54. The molecule has 0 atom stereocenters. The molecule has 0 aliphatic carbocycles. The van der Waals surface area contributed by atoms with E-state index in [0.717, 1.165) is 0 Å². The first-order valence-electron chi connectivity index (χ1n) is 4.88. The number of aryl methyl sites for hydroxylation is 1. The molecule has 2 rings (SSSR count). The number of hydrogen-bond acceptors (Lipinski definition) is 5. The number of aromatic nitrogens is 3. The van der Waals surface area contributed by atoms with Gasteiger partial charge < -0.3 is 14.6 Å². The molecule has 2 aromatic rings. The lowest BCUT2D eigenvalue weighted by molar-refractivity contribution is 0.0624. The van der Waals surface area contributed by atoms with E-state index in [4.69, 9.17) is 14.6 Å². The maximum Gasteiger partial charge on any atom is 0.374 e. The molecule has 0 unspecified atom stereocenters. The molecule has 2 heterocycles. The Labute approximate surface area is 100 Å². The Balaban J connectivity index is 2.60. The van der Waals surface area contributed by atoms with Crippen LogP contribution in [0.5, 0.6) is 0 Å². The average Bonchev–Trinajstić information content (AvgIpc) is 2.85. The van der Waals surface area contributed by atoms with Gasteiger partial charge in [-0.15, -0.1) is 0 Å². The highest BCUT2D eigenvalue weighted by Crippen LogP contribution is 2.24. The summed E-state index contributed by atoms with van der Waals surface area (Å²) in [6.45, 7) is 1.73. The molecule has 8 nitrogen and oxygen atoms in total. The van der Waals surface area contributed by atoms with Crippen molar-refractivity contribution in [3.8, 4) is 11.5 Å². The Morgan fingerprint density at radius 3 is 2.39 bits per heavy atom. The fourth-order valence-corrected chi connectivity index (χ4v) is 1.43. The lowest BCUT2D eigenvalue weighted by Crippen LogP contribution is -2.05. The number of carboxylic acids is 2. The minimum atomic E-state index is -1.48. The maximum absolute atomic E-state index is 10.9. The predicted octanol–water partition coefficient (Wildman–Crippen LogP) is 0.780. The van der Waals surface area contributed by atoms with E-state index in [1.165, 1.54) is 6.20 Å². The molecule has 0 spiro atoms. The van der Waals surface area contributed by atoms with Crippen molar-refractivity contribution in [3.63, 3.8) is 0 Å². The van der Waals surface area contributed by atoms with Crippen LogP contribution in [0.4, 0.5) is 0 Å². The van der Waals surface area contributed by atoms with Crippen molar-refractivity contribution >= 4 is 11.9 Å². The lowest BCUT2D eigenvalue weighted by atomic mass is 10.2. The summed E-state index contributed by atoms with van der Waals surface area (Å²) >= 11 is 0. The highest BCUT2D eigenvalue weighted by molar-refractivity contribution is 5.98. The number of rotatable bonds is 3. The summed E-state index contributed by atoms with van der Waals surface area (Å²) in [6.07, 6.45) is 1.43. The smallest absolute Gasteiger partial charge is 0.374 e. The Morgan fingerprint density at radius 1 is 1.33 bits per heavy atom. The number of hydrogen-bond donors (Lipinski definition) is 2. The summed E-state index contributed by atoms with van der Waals surface area (Å²) in [7, 11) is 1.69. The molecule has 0 saturated heterocycles. The highest BCUT2D eigenvalue weighted by atomic mass is 16.4. The van der Waals surface area contributed by atoms with Crippen LogP contribution in [-0.2, 0) is 7.05 Å². The van der Waals surface area contributed by atoms with Crippen molar-refractivity contribution in [2.75, 3.05) is 0 Å². The van der Waals surface area contributed by atoms with E-state index in [0.29, 0.717) is 11.3 Å². The molecule has 2 N–H and O–H groups in total. The molecule has 0 aliphatic rings. The zero-order chi connectivity index (χ0) is 13.4. The van der Waals surface area contributed by atoms with Gasteiger partial charge in [-0.1, -0.05) is 0 Å². The summed E-state index contributed by atoms with van der Waals surface area (Å²) in [6, 6.07) is 0. The molecule has 0 aliphatic heterocycles. The topological polar surface area (TPSA) is 118 Å². The average molecular weight is 251 g/mol. The fourth-order valence-electron chi connectivity index (χ4n) is 1.43. The summed E-state index contributed by atoms with van der Waals surface area (Å²) in [5.41, 5.74) is 0.512. The Morgan fingerprint density at radius 2 is 2.00 bits per heavy atom. The number of carbonyl (C=O) groups is 2. The van der Waals surface area contributed by atoms with Gasteiger partial charge in [0, 0.05) is 12.7 Å². The van der Waals surface area contributed by atoms with E-state index in [9.17, 15) is 9.59 Å². The van der Waals surface area contributed by atoms with E-state index >= 15 is 0 Å². The van der Waals surface area contributed by atoms with Crippen LogP contribution in [0, 0.1) is 6.92 Å². The molecule has 0 bridgehead atoms. The van der Waals surface area contributed by atoms with Gasteiger partial charge in [0.1, 0.15) is 0 Å². The molecule has 0 aromatic carbocycles. The maximum atomic E-state index is 10.9. The summed E-state index contributed by atoms with van der Waals surface area (Å²) < 4.78 is 6.51. The van der Waals surface area contributed by atoms with Crippen molar-refractivity contribution in [1.82, 2.24) is 14.8 Å². The van der Waals surface area contributed by atoms with E-state index in [2.05, 4.69) is 10.1 Å². The second-order valence-corrected chi connectivity index (χ2v) is 3.57. The molecule has 8 heteroatoms. The quantitative estimate of drug-likeness (QED) is 0.827. The number of carboxylic acid groups (broad SMARTS) is 2. The van der Waals surface area contributed by atoms with Crippen LogP contribution >= 0.6 is 0 Å². The van der Waals surface area contributed by atoms with Gasteiger partial charge in [0.05, 0.1) is 11.8 Å². The van der Waals surface area contributed by atoms with Crippen molar-refractivity contribution in [2.24, 2.45) is 7.05 Å². The van der Waals surface area contributed by atoms with Crippen molar-refractivity contribution < 1.29 is 24.2 Å². The summed E-state index contributed by atoms with van der Waals surface area (Å²) in [4.78, 5) is 25.4. The van der Waals surface area contributed by atoms with Crippen LogP contribution in [0.15, 0.2) is 10.6 Å². The fraction of sp³-hybridized carbons (Fsp3) is 0.200. The first kappa shape index (κ1) is 11.8. The second-order valence-electron chi connectivity index (χ2n) is 3.57. The minimum absolute atomic E-state index is 0.0737. The van der Waals surface area contributed by atoms with Crippen LogP contribution in [0.25, 0.3) is 11.5 Å². The van der Waals surface area contributed by atoms with E-state index in [-0.39, 0.29) is 5.89 Å². The van der Waals surface area contributed by atoms with Crippen molar-refractivity contribution in [3.05, 3.63) is 23.3 Å². The molecular formula is C10H9N3O5. The number of nitrogens with zero attached hydrogens (tertiary/aromatic N) is 3. The number of oxazole rings is 1. The molecule has 0 saturated carbocycles. The number of aromatic carboxylic acids is 2. The third kappa shape index (κ3) is 1.73. The van der Waals surface area contributed by atoms with E-state index < -0.39 is 23.4 Å². The van der Waals surface area contributed by atoms with Gasteiger partial charge in [0.25, 0.3) is 0 Å². The lowest BCUT2D eigenvalue weighted by Gasteiger charge is -1.94. The SMILES string of the molecule is Cc1c(-c2nc(C(=O)O)c(C(=O)O)o2)cnn1C. The highest BCUT2D eigenvalue weighted by Gasteiger charge is 2.26. The third-order valence-electron chi connectivity index (χ3n) is 2.49. The summed E-state index contributed by atoms with van der Waals surface area (Å²) in [5, 5.41) is 21.6. The second kappa shape index (κ2) is 3.99. The summed E-state index contributed by atoms with van der Waals surface area (Å²) in [5.74, 6) is -3.70. The Hall–Kier alpha value is -2.64. The van der Waals surface area contributed by atoms with Crippen LogP contribution in [-0.4, -0.2) is 36.9 Å². The Kier molecular flexibility index (Phi) is 2.62. The van der Waals surface area contributed by atoms with Crippen LogP contribution in [0.1, 0.15) is 26.7 Å². The van der Waals surface area contributed by atoms with E-state index in [1.54, 1.807) is 18.7 Å². The predicted molar refractivity (Wildman–Crippen MR) is 57.4 cm³/mol. The van der Waals surface area contributed by atoms with E-state index in [1.807, 2.05) is 0 Å². The van der Waals surface area contributed by atoms with Gasteiger partial charge >= 0.3 is 11.9 Å². The molecule has 0 amide bonds. The van der Waals surface area contributed by atoms with Crippen LogP contribution in [0.2, 0.25) is 0 Å². The van der Waals surface area contributed by atoms with Gasteiger partial charge in [-0.25, -0.2) is 14.6 Å².